The highest BCUT2D eigenvalue weighted by Crippen LogP contribution is 2.36. The van der Waals surface area contributed by atoms with Crippen molar-refractivity contribution in [3.8, 4) is 0 Å². The maximum atomic E-state index is 3.62. The monoisotopic (exact) mass is 355 g/mol. The standard InChI is InChI=1S/C17H26BrNS/c1-13(2)11-19-12-14-8-9-15(18)10-17(14)20-16-6-4-3-5-7-16/h8-10,13,16,19H,3-7,11-12H2,1-2H3. The minimum atomic E-state index is 0.708. The molecular weight excluding hydrogens is 330 g/mol. The number of hydrogen-bond donors (Lipinski definition) is 1. The molecule has 20 heavy (non-hydrogen) atoms. The lowest BCUT2D eigenvalue weighted by molar-refractivity contribution is 0.515. The molecule has 1 N–H and O–H groups in total. The molecule has 2 rings (SSSR count). The van der Waals surface area contributed by atoms with Crippen LogP contribution in [0.3, 0.4) is 0 Å². The molecule has 1 fully saturated rings. The first-order valence-corrected chi connectivity index (χ1v) is 9.48. The third kappa shape index (κ3) is 5.42. The average molecular weight is 356 g/mol. The summed E-state index contributed by atoms with van der Waals surface area (Å²) in [6, 6.07) is 6.73. The van der Waals surface area contributed by atoms with Crippen molar-refractivity contribution in [3.63, 3.8) is 0 Å². The molecule has 0 amide bonds. The van der Waals surface area contributed by atoms with Gasteiger partial charge in [-0.3, -0.25) is 0 Å². The largest absolute Gasteiger partial charge is 0.312 e. The van der Waals surface area contributed by atoms with Crippen LogP contribution in [-0.4, -0.2) is 11.8 Å². The lowest BCUT2D eigenvalue weighted by Crippen LogP contribution is -2.19. The Morgan fingerprint density at radius 2 is 2.00 bits per heavy atom. The Bertz CT molecular complexity index is 413. The number of rotatable bonds is 6. The molecule has 1 nitrogen and oxygen atoms in total. The van der Waals surface area contributed by atoms with Crippen LogP contribution in [0.4, 0.5) is 0 Å². The Balaban J connectivity index is 1.99. The second-order valence-electron chi connectivity index (χ2n) is 6.15. The molecule has 1 aromatic rings. The van der Waals surface area contributed by atoms with Gasteiger partial charge in [0.1, 0.15) is 0 Å². The van der Waals surface area contributed by atoms with Crippen molar-refractivity contribution >= 4 is 27.7 Å². The Morgan fingerprint density at radius 1 is 1.25 bits per heavy atom. The smallest absolute Gasteiger partial charge is 0.0216 e. The number of thioether (sulfide) groups is 1. The predicted molar refractivity (Wildman–Crippen MR) is 93.4 cm³/mol. The van der Waals surface area contributed by atoms with Gasteiger partial charge in [0.25, 0.3) is 0 Å². The molecule has 0 unspecified atom stereocenters. The molecule has 0 heterocycles. The first-order valence-electron chi connectivity index (χ1n) is 7.81. The minimum Gasteiger partial charge on any atom is -0.312 e. The Labute approximate surface area is 136 Å². The van der Waals surface area contributed by atoms with Crippen LogP contribution in [0.5, 0.6) is 0 Å². The highest BCUT2D eigenvalue weighted by molar-refractivity contribution is 9.10. The van der Waals surface area contributed by atoms with Crippen molar-refractivity contribution in [2.45, 2.75) is 62.6 Å². The lowest BCUT2D eigenvalue weighted by Gasteiger charge is -2.22. The van der Waals surface area contributed by atoms with Crippen LogP contribution < -0.4 is 5.32 Å². The van der Waals surface area contributed by atoms with Gasteiger partial charge in [-0.15, -0.1) is 11.8 Å². The molecular formula is C17H26BrNS. The van der Waals surface area contributed by atoms with Gasteiger partial charge in [0.2, 0.25) is 0 Å². The zero-order valence-corrected chi connectivity index (χ0v) is 15.0. The van der Waals surface area contributed by atoms with Crippen molar-refractivity contribution in [1.82, 2.24) is 5.32 Å². The van der Waals surface area contributed by atoms with Crippen molar-refractivity contribution in [1.29, 1.82) is 0 Å². The van der Waals surface area contributed by atoms with Crippen LogP contribution in [0.1, 0.15) is 51.5 Å². The second-order valence-corrected chi connectivity index (χ2v) is 8.41. The van der Waals surface area contributed by atoms with Gasteiger partial charge in [-0.2, -0.15) is 0 Å². The quantitative estimate of drug-likeness (QED) is 0.710. The van der Waals surface area contributed by atoms with Gasteiger partial charge in [0.15, 0.2) is 0 Å². The van der Waals surface area contributed by atoms with Crippen LogP contribution in [-0.2, 0) is 6.54 Å². The predicted octanol–water partition coefficient (Wildman–Crippen LogP) is 5.62. The molecule has 1 aliphatic carbocycles. The first kappa shape index (κ1) is 16.4. The van der Waals surface area contributed by atoms with Crippen LogP contribution in [0.2, 0.25) is 0 Å². The first-order chi connectivity index (χ1) is 9.65. The second kappa shape index (κ2) is 8.45. The summed E-state index contributed by atoms with van der Waals surface area (Å²) < 4.78 is 1.20. The maximum absolute atomic E-state index is 3.62. The summed E-state index contributed by atoms with van der Waals surface area (Å²) >= 11 is 5.71. The molecule has 0 saturated heterocycles. The van der Waals surface area contributed by atoms with Crippen molar-refractivity contribution in [2.24, 2.45) is 5.92 Å². The lowest BCUT2D eigenvalue weighted by atomic mass is 10.0. The molecule has 0 radical (unpaired) electrons. The molecule has 1 aliphatic rings. The van der Waals surface area contributed by atoms with E-state index in [1.54, 1.807) is 0 Å². The van der Waals surface area contributed by atoms with Crippen LogP contribution in [0.15, 0.2) is 27.6 Å². The fourth-order valence-electron chi connectivity index (χ4n) is 2.64. The summed E-state index contributed by atoms with van der Waals surface area (Å²) in [6.45, 7) is 6.59. The number of nitrogens with one attached hydrogen (secondary N) is 1. The zero-order chi connectivity index (χ0) is 14.4. The zero-order valence-electron chi connectivity index (χ0n) is 12.6. The summed E-state index contributed by atoms with van der Waals surface area (Å²) in [5.74, 6) is 0.708. The van der Waals surface area contributed by atoms with E-state index in [2.05, 4.69) is 65.1 Å². The van der Waals surface area contributed by atoms with E-state index >= 15 is 0 Å². The van der Waals surface area contributed by atoms with E-state index in [4.69, 9.17) is 0 Å². The van der Waals surface area contributed by atoms with Crippen LogP contribution in [0, 0.1) is 5.92 Å². The van der Waals surface area contributed by atoms with Gasteiger partial charge in [-0.1, -0.05) is 55.1 Å². The summed E-state index contributed by atoms with van der Waals surface area (Å²) in [6.07, 6.45) is 7.02. The fourth-order valence-corrected chi connectivity index (χ4v) is 4.57. The van der Waals surface area contributed by atoms with E-state index in [1.807, 2.05) is 0 Å². The van der Waals surface area contributed by atoms with Gasteiger partial charge in [-0.05, 0) is 43.0 Å². The van der Waals surface area contributed by atoms with E-state index in [9.17, 15) is 0 Å². The van der Waals surface area contributed by atoms with E-state index in [-0.39, 0.29) is 0 Å². The summed E-state index contributed by atoms with van der Waals surface area (Å²) in [4.78, 5) is 1.46. The van der Waals surface area contributed by atoms with Gasteiger partial charge in [0.05, 0.1) is 0 Å². The molecule has 3 heteroatoms. The molecule has 0 atom stereocenters. The minimum absolute atomic E-state index is 0.708. The third-order valence-corrected chi connectivity index (χ3v) is 5.68. The maximum Gasteiger partial charge on any atom is 0.0216 e. The summed E-state index contributed by atoms with van der Waals surface area (Å²) in [5, 5.41) is 4.39. The third-order valence-electron chi connectivity index (χ3n) is 3.74. The molecule has 0 spiro atoms. The van der Waals surface area contributed by atoms with Crippen molar-refractivity contribution < 1.29 is 0 Å². The number of benzene rings is 1. The average Bonchev–Trinajstić information content (AvgIpc) is 2.42. The normalized spacial score (nSPS) is 16.8. The summed E-state index contributed by atoms with van der Waals surface area (Å²) in [7, 11) is 0. The molecule has 0 bridgehead atoms. The van der Waals surface area contributed by atoms with E-state index in [0.29, 0.717) is 5.92 Å². The Kier molecular flexibility index (Phi) is 6.92. The van der Waals surface area contributed by atoms with Crippen molar-refractivity contribution in [2.75, 3.05) is 6.54 Å². The topological polar surface area (TPSA) is 12.0 Å². The molecule has 0 aromatic heterocycles. The highest BCUT2D eigenvalue weighted by atomic mass is 79.9. The van der Waals surface area contributed by atoms with Crippen molar-refractivity contribution in [3.05, 3.63) is 28.2 Å². The van der Waals surface area contributed by atoms with Crippen LogP contribution >= 0.6 is 27.7 Å². The van der Waals surface area contributed by atoms with E-state index in [1.165, 1.54) is 47.0 Å². The van der Waals surface area contributed by atoms with Gasteiger partial charge in [-0.25, -0.2) is 0 Å². The van der Waals surface area contributed by atoms with Gasteiger partial charge in [0, 0.05) is 21.2 Å². The number of hydrogen-bond acceptors (Lipinski definition) is 2. The molecule has 0 aliphatic heterocycles. The highest BCUT2D eigenvalue weighted by Gasteiger charge is 2.16. The Morgan fingerprint density at radius 3 is 2.70 bits per heavy atom. The van der Waals surface area contributed by atoms with E-state index < -0.39 is 0 Å². The molecule has 112 valence electrons. The van der Waals surface area contributed by atoms with Crippen LogP contribution in [0.25, 0.3) is 0 Å². The Hall–Kier alpha value is 0.01000. The van der Waals surface area contributed by atoms with Gasteiger partial charge < -0.3 is 5.32 Å². The fraction of sp³-hybridized carbons (Fsp3) is 0.647. The van der Waals surface area contributed by atoms with E-state index in [0.717, 1.165) is 18.3 Å². The summed E-state index contributed by atoms with van der Waals surface area (Å²) in [5.41, 5.74) is 1.45. The molecule has 1 saturated carbocycles. The van der Waals surface area contributed by atoms with Gasteiger partial charge >= 0.3 is 0 Å². The SMILES string of the molecule is CC(C)CNCc1ccc(Br)cc1SC1CCCCC1. The molecule has 1 aromatic carbocycles. The number of halogens is 1.